The van der Waals surface area contributed by atoms with Gasteiger partial charge in [0, 0.05) is 30.6 Å². The molecule has 1 aliphatic heterocycles. The number of alkyl halides is 2. The number of nitrogens with zero attached hydrogens (tertiary/aromatic N) is 2. The quantitative estimate of drug-likeness (QED) is 0.701. The highest BCUT2D eigenvalue weighted by atomic mass is 19.3. The number of ether oxygens (including phenoxy) is 2. The van der Waals surface area contributed by atoms with Crippen molar-refractivity contribution in [1.29, 1.82) is 0 Å². The number of halogens is 2. The van der Waals surface area contributed by atoms with Gasteiger partial charge in [0.2, 0.25) is 5.88 Å². The molecule has 0 aliphatic carbocycles. The van der Waals surface area contributed by atoms with Crippen LogP contribution >= 0.6 is 0 Å². The van der Waals surface area contributed by atoms with E-state index in [0.29, 0.717) is 24.5 Å². The van der Waals surface area contributed by atoms with Gasteiger partial charge in [-0.1, -0.05) is 30.3 Å². The molecule has 134 valence electrons. The van der Waals surface area contributed by atoms with Gasteiger partial charge in [-0.15, -0.1) is 0 Å². The van der Waals surface area contributed by atoms with E-state index in [0.717, 1.165) is 24.0 Å². The second-order valence-electron chi connectivity index (χ2n) is 6.23. The molecule has 2 heterocycles. The first-order valence-electron chi connectivity index (χ1n) is 8.45. The maximum absolute atomic E-state index is 12.4. The fraction of sp³-hybridized carbons (Fsp3) is 0.250. The number of hydrogen-bond acceptors (Lipinski definition) is 4. The number of pyridine rings is 1. The van der Waals surface area contributed by atoms with E-state index in [9.17, 15) is 8.78 Å². The zero-order valence-corrected chi connectivity index (χ0v) is 14.1. The van der Waals surface area contributed by atoms with E-state index in [2.05, 4.69) is 26.8 Å². The molecule has 0 fully saturated rings. The second-order valence-corrected chi connectivity index (χ2v) is 6.23. The molecular weight excluding hydrogens is 338 g/mol. The van der Waals surface area contributed by atoms with Crippen LogP contribution in [0.4, 0.5) is 8.78 Å². The summed E-state index contributed by atoms with van der Waals surface area (Å²) in [7, 11) is 0. The lowest BCUT2D eigenvalue weighted by Crippen LogP contribution is -2.25. The van der Waals surface area contributed by atoms with E-state index >= 15 is 0 Å². The maximum atomic E-state index is 12.4. The van der Waals surface area contributed by atoms with Crippen LogP contribution in [0.25, 0.3) is 10.9 Å². The van der Waals surface area contributed by atoms with Crippen LogP contribution in [0.1, 0.15) is 11.1 Å². The van der Waals surface area contributed by atoms with Gasteiger partial charge in [0.15, 0.2) is 0 Å². The van der Waals surface area contributed by atoms with Crippen molar-refractivity contribution in [3.63, 3.8) is 0 Å². The summed E-state index contributed by atoms with van der Waals surface area (Å²) in [4.78, 5) is 6.83. The molecule has 0 bridgehead atoms. The first kappa shape index (κ1) is 16.7. The minimum absolute atomic E-state index is 0.130. The Hall–Kier alpha value is -2.73. The summed E-state index contributed by atoms with van der Waals surface area (Å²) in [5.74, 6) is 0.737. The Morgan fingerprint density at radius 1 is 1.12 bits per heavy atom. The number of benzene rings is 2. The summed E-state index contributed by atoms with van der Waals surface area (Å²) >= 11 is 0. The van der Waals surface area contributed by atoms with Crippen molar-refractivity contribution in [2.75, 3.05) is 13.2 Å². The standard InChI is InChI=1S/C20H18F2N2O2/c21-20(22)26-17-6-7-18-15(11-17)10-16-13-24(8-9-25-19(16)23-18)12-14-4-2-1-3-5-14/h1-7,10-11,20H,8-9,12-13H2. The Kier molecular flexibility index (Phi) is 4.67. The zero-order valence-electron chi connectivity index (χ0n) is 14.1. The Balaban J connectivity index is 1.61. The molecule has 4 nitrogen and oxygen atoms in total. The number of rotatable bonds is 4. The van der Waals surface area contributed by atoms with Crippen LogP contribution < -0.4 is 9.47 Å². The third-order valence-electron chi connectivity index (χ3n) is 4.34. The fourth-order valence-corrected chi connectivity index (χ4v) is 3.16. The van der Waals surface area contributed by atoms with Crippen molar-refractivity contribution in [1.82, 2.24) is 9.88 Å². The highest BCUT2D eigenvalue weighted by molar-refractivity contribution is 5.81. The lowest BCUT2D eigenvalue weighted by atomic mass is 10.1. The summed E-state index contributed by atoms with van der Waals surface area (Å²) in [6.45, 7) is 0.0150. The molecule has 0 saturated carbocycles. The normalized spacial score (nSPS) is 14.7. The van der Waals surface area contributed by atoms with Gasteiger partial charge in [0.25, 0.3) is 0 Å². The predicted octanol–water partition coefficient (Wildman–Crippen LogP) is 4.23. The monoisotopic (exact) mass is 356 g/mol. The fourth-order valence-electron chi connectivity index (χ4n) is 3.16. The lowest BCUT2D eigenvalue weighted by Gasteiger charge is -2.19. The van der Waals surface area contributed by atoms with Gasteiger partial charge in [-0.05, 0) is 29.8 Å². The molecule has 1 aliphatic rings. The molecule has 1 aromatic heterocycles. The van der Waals surface area contributed by atoms with Crippen LogP contribution in [0, 0.1) is 0 Å². The van der Waals surface area contributed by atoms with E-state index in [4.69, 9.17) is 4.74 Å². The lowest BCUT2D eigenvalue weighted by molar-refractivity contribution is -0.0497. The Morgan fingerprint density at radius 3 is 2.77 bits per heavy atom. The molecular formula is C20H18F2N2O2. The molecule has 0 amide bonds. The number of hydrogen-bond donors (Lipinski definition) is 0. The van der Waals surface area contributed by atoms with Gasteiger partial charge in [-0.2, -0.15) is 8.78 Å². The maximum Gasteiger partial charge on any atom is 0.387 e. The van der Waals surface area contributed by atoms with Crippen LogP contribution in [-0.2, 0) is 13.1 Å². The minimum Gasteiger partial charge on any atom is -0.476 e. The van der Waals surface area contributed by atoms with Crippen LogP contribution in [0.5, 0.6) is 11.6 Å². The molecule has 6 heteroatoms. The van der Waals surface area contributed by atoms with Gasteiger partial charge in [0.05, 0.1) is 5.52 Å². The third kappa shape index (κ3) is 3.75. The van der Waals surface area contributed by atoms with Crippen molar-refractivity contribution in [3.8, 4) is 11.6 Å². The highest BCUT2D eigenvalue weighted by Gasteiger charge is 2.18. The largest absolute Gasteiger partial charge is 0.476 e. The van der Waals surface area contributed by atoms with Gasteiger partial charge < -0.3 is 9.47 Å². The smallest absolute Gasteiger partial charge is 0.387 e. The second kappa shape index (κ2) is 7.25. The van der Waals surface area contributed by atoms with Crippen molar-refractivity contribution in [2.45, 2.75) is 19.7 Å². The zero-order chi connectivity index (χ0) is 17.9. The topological polar surface area (TPSA) is 34.6 Å². The van der Waals surface area contributed by atoms with E-state index in [1.54, 1.807) is 12.1 Å². The van der Waals surface area contributed by atoms with Gasteiger partial charge >= 0.3 is 6.61 Å². The van der Waals surface area contributed by atoms with Gasteiger partial charge in [-0.3, -0.25) is 4.90 Å². The van der Waals surface area contributed by atoms with Crippen LogP contribution in [-0.4, -0.2) is 29.6 Å². The predicted molar refractivity (Wildman–Crippen MR) is 94.4 cm³/mol. The van der Waals surface area contributed by atoms with E-state index in [1.165, 1.54) is 11.6 Å². The van der Waals surface area contributed by atoms with Crippen molar-refractivity contribution < 1.29 is 18.3 Å². The molecule has 0 spiro atoms. The van der Waals surface area contributed by atoms with Crippen molar-refractivity contribution in [3.05, 3.63) is 65.7 Å². The summed E-state index contributed by atoms with van der Waals surface area (Å²) in [6, 6.07) is 16.9. The highest BCUT2D eigenvalue weighted by Crippen LogP contribution is 2.29. The van der Waals surface area contributed by atoms with E-state index < -0.39 is 6.61 Å². The summed E-state index contributed by atoms with van der Waals surface area (Å²) in [5, 5.41) is 0.757. The van der Waals surface area contributed by atoms with Crippen LogP contribution in [0.3, 0.4) is 0 Å². The summed E-state index contributed by atoms with van der Waals surface area (Å²) in [5.41, 5.74) is 2.87. The molecule has 4 rings (SSSR count). The average molecular weight is 356 g/mol. The SMILES string of the molecule is FC(F)Oc1ccc2nc3c(cc2c1)CN(Cc1ccccc1)CCO3. The number of aromatic nitrogens is 1. The van der Waals surface area contributed by atoms with Gasteiger partial charge in [-0.25, -0.2) is 4.98 Å². The molecule has 26 heavy (non-hydrogen) atoms. The summed E-state index contributed by atoms with van der Waals surface area (Å²) < 4.78 is 35.2. The first-order valence-corrected chi connectivity index (χ1v) is 8.45. The van der Waals surface area contributed by atoms with E-state index in [-0.39, 0.29) is 5.75 Å². The minimum atomic E-state index is -2.84. The molecule has 0 saturated heterocycles. The van der Waals surface area contributed by atoms with E-state index in [1.807, 2.05) is 24.3 Å². The van der Waals surface area contributed by atoms with Crippen molar-refractivity contribution >= 4 is 10.9 Å². The molecule has 0 N–H and O–H groups in total. The molecule has 0 unspecified atom stereocenters. The third-order valence-corrected chi connectivity index (χ3v) is 4.34. The average Bonchev–Trinajstić information content (AvgIpc) is 2.81. The Labute approximate surface area is 150 Å². The number of fused-ring (bicyclic) bond motifs is 2. The molecule has 0 atom stereocenters. The van der Waals surface area contributed by atoms with Crippen LogP contribution in [0.15, 0.2) is 54.6 Å². The van der Waals surface area contributed by atoms with Crippen LogP contribution in [0.2, 0.25) is 0 Å². The summed E-state index contributed by atoms with van der Waals surface area (Å²) in [6.07, 6.45) is 0. The van der Waals surface area contributed by atoms with Crippen molar-refractivity contribution in [2.24, 2.45) is 0 Å². The molecule has 0 radical (unpaired) electrons. The molecule has 3 aromatic rings. The Morgan fingerprint density at radius 2 is 1.96 bits per heavy atom. The molecule has 2 aromatic carbocycles. The Bertz CT molecular complexity index is 903. The van der Waals surface area contributed by atoms with Gasteiger partial charge in [0.1, 0.15) is 12.4 Å². The first-order chi connectivity index (χ1) is 12.7.